The molecule has 1 N–H and O–H groups in total. The standard InChI is InChI=1S/C15H15Cl2N.ClH/c16-14-5-1-12(2-6-14)9-10-18-11-13-3-7-15(17)8-4-13;/h1-8,18H,9-11H2;1H. The number of hydrogen-bond donors (Lipinski definition) is 1. The average molecular weight is 317 g/mol. The van der Waals surface area contributed by atoms with Crippen LogP contribution in [0.5, 0.6) is 0 Å². The Bertz CT molecular complexity index is 432. The summed E-state index contributed by atoms with van der Waals surface area (Å²) in [5.41, 5.74) is 2.54. The van der Waals surface area contributed by atoms with E-state index >= 15 is 0 Å². The second kappa shape index (κ2) is 8.44. The third-order valence-electron chi connectivity index (χ3n) is 2.75. The average Bonchev–Trinajstić information content (AvgIpc) is 2.39. The Morgan fingerprint density at radius 1 is 0.737 bits per heavy atom. The van der Waals surface area contributed by atoms with E-state index in [-0.39, 0.29) is 12.4 Å². The monoisotopic (exact) mass is 315 g/mol. The summed E-state index contributed by atoms with van der Waals surface area (Å²) in [6, 6.07) is 15.9. The Labute approximate surface area is 130 Å². The third kappa shape index (κ3) is 5.84. The van der Waals surface area contributed by atoms with Gasteiger partial charge in [-0.05, 0) is 48.4 Å². The van der Waals surface area contributed by atoms with Crippen molar-refractivity contribution in [1.29, 1.82) is 0 Å². The SMILES string of the molecule is Cl.Clc1ccc(CCNCc2ccc(Cl)cc2)cc1. The van der Waals surface area contributed by atoms with Crippen molar-refractivity contribution in [2.24, 2.45) is 0 Å². The van der Waals surface area contributed by atoms with Crippen LogP contribution in [0, 0.1) is 0 Å². The summed E-state index contributed by atoms with van der Waals surface area (Å²) in [6.45, 7) is 1.81. The van der Waals surface area contributed by atoms with Crippen molar-refractivity contribution >= 4 is 35.6 Å². The highest BCUT2D eigenvalue weighted by atomic mass is 35.5. The molecule has 0 bridgehead atoms. The van der Waals surface area contributed by atoms with Crippen LogP contribution in [0.3, 0.4) is 0 Å². The van der Waals surface area contributed by atoms with E-state index in [2.05, 4.69) is 17.4 Å². The largest absolute Gasteiger partial charge is 0.312 e. The predicted octanol–water partition coefficient (Wildman–Crippen LogP) is 4.75. The molecule has 0 aromatic heterocycles. The quantitative estimate of drug-likeness (QED) is 0.785. The summed E-state index contributed by atoms with van der Waals surface area (Å²) in [5, 5.41) is 4.97. The van der Waals surface area contributed by atoms with E-state index in [1.807, 2.05) is 36.4 Å². The van der Waals surface area contributed by atoms with Gasteiger partial charge in [0.25, 0.3) is 0 Å². The van der Waals surface area contributed by atoms with Crippen LogP contribution in [0.2, 0.25) is 10.0 Å². The molecule has 0 saturated carbocycles. The van der Waals surface area contributed by atoms with E-state index in [9.17, 15) is 0 Å². The Balaban J connectivity index is 0.00000180. The Hall–Kier alpha value is -0.730. The fraction of sp³-hybridized carbons (Fsp3) is 0.200. The molecule has 0 unspecified atom stereocenters. The van der Waals surface area contributed by atoms with Gasteiger partial charge in [-0.2, -0.15) is 0 Å². The van der Waals surface area contributed by atoms with Crippen LogP contribution < -0.4 is 5.32 Å². The molecular weight excluding hydrogens is 301 g/mol. The lowest BCUT2D eigenvalue weighted by Gasteiger charge is -2.05. The van der Waals surface area contributed by atoms with Crippen molar-refractivity contribution < 1.29 is 0 Å². The van der Waals surface area contributed by atoms with Gasteiger partial charge in [0.2, 0.25) is 0 Å². The van der Waals surface area contributed by atoms with Crippen LogP contribution in [-0.2, 0) is 13.0 Å². The van der Waals surface area contributed by atoms with Crippen molar-refractivity contribution in [3.63, 3.8) is 0 Å². The number of benzene rings is 2. The van der Waals surface area contributed by atoms with E-state index in [1.54, 1.807) is 0 Å². The normalized spacial score (nSPS) is 10.0. The molecule has 0 fully saturated rings. The second-order valence-corrected chi connectivity index (χ2v) is 5.05. The molecule has 0 saturated heterocycles. The molecule has 102 valence electrons. The van der Waals surface area contributed by atoms with E-state index in [0.717, 1.165) is 29.6 Å². The van der Waals surface area contributed by atoms with Gasteiger partial charge in [0.1, 0.15) is 0 Å². The molecule has 0 amide bonds. The van der Waals surface area contributed by atoms with E-state index in [0.29, 0.717) is 0 Å². The van der Waals surface area contributed by atoms with Gasteiger partial charge in [-0.25, -0.2) is 0 Å². The van der Waals surface area contributed by atoms with Gasteiger partial charge in [-0.3, -0.25) is 0 Å². The highest BCUT2D eigenvalue weighted by molar-refractivity contribution is 6.30. The number of rotatable bonds is 5. The van der Waals surface area contributed by atoms with Gasteiger partial charge >= 0.3 is 0 Å². The van der Waals surface area contributed by atoms with Gasteiger partial charge in [-0.15, -0.1) is 12.4 Å². The summed E-state index contributed by atoms with van der Waals surface area (Å²) < 4.78 is 0. The van der Waals surface area contributed by atoms with Gasteiger partial charge in [0.15, 0.2) is 0 Å². The predicted molar refractivity (Wildman–Crippen MR) is 85.6 cm³/mol. The topological polar surface area (TPSA) is 12.0 Å². The number of hydrogen-bond acceptors (Lipinski definition) is 1. The first-order valence-corrected chi connectivity index (χ1v) is 6.69. The Morgan fingerprint density at radius 3 is 1.74 bits per heavy atom. The molecule has 2 aromatic carbocycles. The Morgan fingerprint density at radius 2 is 1.21 bits per heavy atom. The summed E-state index contributed by atoms with van der Waals surface area (Å²) in [7, 11) is 0. The van der Waals surface area contributed by atoms with Crippen molar-refractivity contribution in [2.45, 2.75) is 13.0 Å². The van der Waals surface area contributed by atoms with Crippen LogP contribution in [-0.4, -0.2) is 6.54 Å². The summed E-state index contributed by atoms with van der Waals surface area (Å²) >= 11 is 11.7. The van der Waals surface area contributed by atoms with Crippen molar-refractivity contribution in [3.05, 3.63) is 69.7 Å². The minimum atomic E-state index is 0. The fourth-order valence-electron chi connectivity index (χ4n) is 1.72. The maximum atomic E-state index is 5.84. The third-order valence-corrected chi connectivity index (χ3v) is 3.25. The first-order chi connectivity index (χ1) is 8.74. The lowest BCUT2D eigenvalue weighted by atomic mass is 10.1. The van der Waals surface area contributed by atoms with E-state index in [4.69, 9.17) is 23.2 Å². The van der Waals surface area contributed by atoms with Gasteiger partial charge in [-0.1, -0.05) is 47.5 Å². The van der Waals surface area contributed by atoms with Gasteiger partial charge in [0.05, 0.1) is 0 Å². The molecule has 0 heterocycles. The summed E-state index contributed by atoms with van der Waals surface area (Å²) in [5.74, 6) is 0. The zero-order chi connectivity index (χ0) is 12.8. The molecule has 0 aliphatic rings. The number of nitrogens with one attached hydrogen (secondary N) is 1. The van der Waals surface area contributed by atoms with Gasteiger partial charge in [0, 0.05) is 16.6 Å². The lowest BCUT2D eigenvalue weighted by Crippen LogP contribution is -2.16. The first-order valence-electron chi connectivity index (χ1n) is 5.93. The van der Waals surface area contributed by atoms with Gasteiger partial charge < -0.3 is 5.32 Å². The van der Waals surface area contributed by atoms with Crippen LogP contribution in [0.1, 0.15) is 11.1 Å². The highest BCUT2D eigenvalue weighted by Crippen LogP contribution is 2.10. The first kappa shape index (κ1) is 16.3. The molecule has 2 rings (SSSR count). The molecule has 0 spiro atoms. The van der Waals surface area contributed by atoms with Crippen molar-refractivity contribution in [3.8, 4) is 0 Å². The maximum absolute atomic E-state index is 5.84. The molecule has 0 radical (unpaired) electrons. The molecule has 1 nitrogen and oxygen atoms in total. The highest BCUT2D eigenvalue weighted by Gasteiger charge is 1.95. The zero-order valence-corrected chi connectivity index (χ0v) is 12.7. The van der Waals surface area contributed by atoms with E-state index < -0.39 is 0 Å². The minimum Gasteiger partial charge on any atom is -0.312 e. The maximum Gasteiger partial charge on any atom is 0.0406 e. The summed E-state index contributed by atoms with van der Waals surface area (Å²) in [6.07, 6.45) is 1.00. The lowest BCUT2D eigenvalue weighted by molar-refractivity contribution is 0.687. The second-order valence-electron chi connectivity index (χ2n) is 4.18. The molecule has 2 aromatic rings. The number of halogens is 3. The Kier molecular flexibility index (Phi) is 7.25. The van der Waals surface area contributed by atoms with Crippen LogP contribution in [0.25, 0.3) is 0 Å². The van der Waals surface area contributed by atoms with Crippen molar-refractivity contribution in [1.82, 2.24) is 5.32 Å². The smallest absolute Gasteiger partial charge is 0.0406 e. The fourth-order valence-corrected chi connectivity index (χ4v) is 1.97. The molecular formula is C15H16Cl3N. The molecule has 19 heavy (non-hydrogen) atoms. The molecule has 0 aliphatic heterocycles. The molecule has 0 atom stereocenters. The van der Waals surface area contributed by atoms with Crippen LogP contribution in [0.4, 0.5) is 0 Å². The molecule has 4 heteroatoms. The molecule has 0 aliphatic carbocycles. The zero-order valence-electron chi connectivity index (χ0n) is 10.4. The van der Waals surface area contributed by atoms with Crippen LogP contribution >= 0.6 is 35.6 Å². The summed E-state index contributed by atoms with van der Waals surface area (Å²) in [4.78, 5) is 0. The van der Waals surface area contributed by atoms with Crippen molar-refractivity contribution in [2.75, 3.05) is 6.54 Å². The minimum absolute atomic E-state index is 0. The van der Waals surface area contributed by atoms with Crippen LogP contribution in [0.15, 0.2) is 48.5 Å². The van der Waals surface area contributed by atoms with E-state index in [1.165, 1.54) is 11.1 Å².